The highest BCUT2D eigenvalue weighted by Crippen LogP contribution is 2.51. The number of anilines is 2. The Morgan fingerprint density at radius 1 is 1.06 bits per heavy atom. The van der Waals surface area contributed by atoms with Gasteiger partial charge in [-0.15, -0.1) is 0 Å². The molecule has 2 aliphatic heterocycles. The number of piperidine rings is 1. The lowest BCUT2D eigenvalue weighted by Gasteiger charge is -2.44. The van der Waals surface area contributed by atoms with Crippen LogP contribution in [0.25, 0.3) is 0 Å². The second-order valence-corrected chi connectivity index (χ2v) is 11.4. The lowest BCUT2D eigenvalue weighted by molar-refractivity contribution is -0.914. The molecule has 32 heavy (non-hydrogen) atoms. The Hall–Kier alpha value is -1.98. The molecule has 1 amide bonds. The number of primary amides is 1. The van der Waals surface area contributed by atoms with E-state index in [4.69, 9.17) is 5.73 Å². The predicted molar refractivity (Wildman–Crippen MR) is 135 cm³/mol. The molecule has 1 unspecified atom stereocenters. The molecular formula is C27H38N3OS+. The smallest absolute Gasteiger partial charge is 0.251 e. The molecule has 2 aliphatic rings. The molecule has 1 saturated heterocycles. The van der Waals surface area contributed by atoms with Gasteiger partial charge in [0.2, 0.25) is 0 Å². The second-order valence-electron chi connectivity index (χ2n) is 10.3. The molecule has 2 N–H and O–H groups in total. The van der Waals surface area contributed by atoms with Gasteiger partial charge in [0.05, 0.1) is 49.7 Å². The summed E-state index contributed by atoms with van der Waals surface area (Å²) in [6.07, 6.45) is 5.88. The van der Waals surface area contributed by atoms with E-state index in [2.05, 4.69) is 69.1 Å². The van der Waals surface area contributed by atoms with Crippen LogP contribution in [0.1, 0.15) is 62.4 Å². The number of nitrogens with two attached hydrogens (primary N) is 1. The van der Waals surface area contributed by atoms with Crippen LogP contribution in [-0.4, -0.2) is 43.1 Å². The SMILES string of the molecule is CC(C)CCc1ccc2c(c1C(N)=O)N(C(C)C[N+]1(C)CCCCC1)c1ccccc1S2. The van der Waals surface area contributed by atoms with Crippen molar-refractivity contribution in [3.8, 4) is 0 Å². The Bertz CT molecular complexity index is 981. The van der Waals surface area contributed by atoms with Gasteiger partial charge in [-0.25, -0.2) is 0 Å². The zero-order valence-electron chi connectivity index (χ0n) is 20.1. The summed E-state index contributed by atoms with van der Waals surface area (Å²) in [6.45, 7) is 10.3. The topological polar surface area (TPSA) is 46.3 Å². The van der Waals surface area contributed by atoms with Gasteiger partial charge in [0.1, 0.15) is 0 Å². The van der Waals surface area contributed by atoms with Crippen molar-refractivity contribution in [1.29, 1.82) is 0 Å². The minimum Gasteiger partial charge on any atom is -0.366 e. The second kappa shape index (κ2) is 9.48. The first-order valence-electron chi connectivity index (χ1n) is 12.1. The van der Waals surface area contributed by atoms with Crippen molar-refractivity contribution in [2.24, 2.45) is 11.7 Å². The summed E-state index contributed by atoms with van der Waals surface area (Å²) >= 11 is 1.76. The molecule has 2 aromatic rings. The van der Waals surface area contributed by atoms with Crippen molar-refractivity contribution in [1.82, 2.24) is 0 Å². The van der Waals surface area contributed by atoms with Gasteiger partial charge in [-0.1, -0.05) is 43.8 Å². The summed E-state index contributed by atoms with van der Waals surface area (Å²) < 4.78 is 1.10. The van der Waals surface area contributed by atoms with Gasteiger partial charge in [-0.3, -0.25) is 4.79 Å². The van der Waals surface area contributed by atoms with E-state index < -0.39 is 0 Å². The van der Waals surface area contributed by atoms with E-state index in [1.165, 1.54) is 42.9 Å². The third-order valence-electron chi connectivity index (χ3n) is 7.09. The average molecular weight is 453 g/mol. The maximum atomic E-state index is 12.9. The number of fused-ring (bicyclic) bond motifs is 2. The van der Waals surface area contributed by atoms with E-state index in [1.54, 1.807) is 11.8 Å². The van der Waals surface area contributed by atoms with Crippen molar-refractivity contribution in [3.63, 3.8) is 0 Å². The van der Waals surface area contributed by atoms with Crippen molar-refractivity contribution < 1.29 is 9.28 Å². The monoisotopic (exact) mass is 452 g/mol. The molecular weight excluding hydrogens is 414 g/mol. The van der Waals surface area contributed by atoms with E-state index in [0.29, 0.717) is 5.92 Å². The number of benzene rings is 2. The van der Waals surface area contributed by atoms with Crippen LogP contribution in [0, 0.1) is 5.92 Å². The Morgan fingerprint density at radius 2 is 1.78 bits per heavy atom. The van der Waals surface area contributed by atoms with Crippen molar-refractivity contribution in [3.05, 3.63) is 47.5 Å². The Kier molecular flexibility index (Phi) is 6.87. The summed E-state index contributed by atoms with van der Waals surface area (Å²) in [4.78, 5) is 17.7. The molecule has 0 saturated carbocycles. The first kappa shape index (κ1) is 23.2. The largest absolute Gasteiger partial charge is 0.366 e. The fourth-order valence-corrected chi connectivity index (χ4v) is 6.57. The first-order chi connectivity index (χ1) is 15.3. The van der Waals surface area contributed by atoms with Gasteiger partial charge < -0.3 is 15.1 Å². The number of carbonyl (C=O) groups is 1. The zero-order chi connectivity index (χ0) is 22.9. The van der Waals surface area contributed by atoms with Gasteiger partial charge in [0, 0.05) is 9.79 Å². The van der Waals surface area contributed by atoms with Gasteiger partial charge in [-0.05, 0) is 68.7 Å². The van der Waals surface area contributed by atoms with Crippen LogP contribution in [-0.2, 0) is 6.42 Å². The normalized spacial score (nSPS) is 18.2. The minimum absolute atomic E-state index is 0.261. The van der Waals surface area contributed by atoms with E-state index in [0.717, 1.165) is 45.6 Å². The van der Waals surface area contributed by atoms with Crippen LogP contribution in [0.2, 0.25) is 0 Å². The molecule has 1 atom stereocenters. The summed E-state index contributed by atoms with van der Waals surface area (Å²) in [5.41, 5.74) is 10.1. The van der Waals surface area contributed by atoms with E-state index in [-0.39, 0.29) is 11.9 Å². The Balaban J connectivity index is 1.80. The summed E-state index contributed by atoms with van der Waals surface area (Å²) in [5.74, 6) is 0.275. The molecule has 2 aromatic carbocycles. The number of amides is 1. The highest BCUT2D eigenvalue weighted by molar-refractivity contribution is 7.99. The van der Waals surface area contributed by atoms with Crippen LogP contribution in [0.4, 0.5) is 11.4 Å². The number of quaternary nitrogens is 1. The third kappa shape index (κ3) is 4.69. The molecule has 1 fully saturated rings. The maximum Gasteiger partial charge on any atom is 0.251 e. The average Bonchev–Trinajstić information content (AvgIpc) is 2.75. The van der Waals surface area contributed by atoms with Crippen LogP contribution >= 0.6 is 11.8 Å². The lowest BCUT2D eigenvalue weighted by atomic mass is 9.95. The third-order valence-corrected chi connectivity index (χ3v) is 8.21. The van der Waals surface area contributed by atoms with Gasteiger partial charge in [-0.2, -0.15) is 0 Å². The zero-order valence-corrected chi connectivity index (χ0v) is 20.9. The molecule has 2 heterocycles. The standard InChI is InChI=1S/C27H37N3OS/c1-19(2)12-13-21-14-15-24-26(25(21)27(28)31)29(22-10-6-7-11-23(22)32-24)20(3)18-30(4)16-8-5-9-17-30/h6-7,10-11,14-15,19-20H,5,8-9,12-13,16-18H2,1-4H3,(H-,28,31)/p+1. The number of hydrogen-bond donors (Lipinski definition) is 1. The lowest BCUT2D eigenvalue weighted by Crippen LogP contribution is -2.54. The number of likely N-dealkylation sites (tertiary alicyclic amines) is 1. The quantitative estimate of drug-likeness (QED) is 0.524. The Labute approximate surface area is 197 Å². The minimum atomic E-state index is -0.309. The highest BCUT2D eigenvalue weighted by Gasteiger charge is 2.36. The van der Waals surface area contributed by atoms with Gasteiger partial charge >= 0.3 is 0 Å². The number of aryl methyl sites for hydroxylation is 1. The first-order valence-corrected chi connectivity index (χ1v) is 13.0. The fourth-order valence-electron chi connectivity index (χ4n) is 5.48. The summed E-state index contributed by atoms with van der Waals surface area (Å²) in [5, 5.41) is 0. The molecule has 0 spiro atoms. The maximum absolute atomic E-state index is 12.9. The summed E-state index contributed by atoms with van der Waals surface area (Å²) in [7, 11) is 2.40. The predicted octanol–water partition coefficient (Wildman–Crippen LogP) is 6.00. The van der Waals surface area contributed by atoms with Crippen LogP contribution in [0.3, 0.4) is 0 Å². The van der Waals surface area contributed by atoms with E-state index in [1.807, 2.05) is 0 Å². The van der Waals surface area contributed by atoms with Crippen LogP contribution < -0.4 is 10.6 Å². The molecule has 0 aliphatic carbocycles. The van der Waals surface area contributed by atoms with Crippen LogP contribution in [0.5, 0.6) is 0 Å². The van der Waals surface area contributed by atoms with E-state index >= 15 is 0 Å². The van der Waals surface area contributed by atoms with Gasteiger partial charge in [0.15, 0.2) is 0 Å². The number of likely N-dealkylation sites (N-methyl/N-ethyl adjacent to an activating group) is 1. The Morgan fingerprint density at radius 3 is 2.47 bits per heavy atom. The van der Waals surface area contributed by atoms with Gasteiger partial charge in [0.25, 0.3) is 5.91 Å². The molecule has 0 radical (unpaired) electrons. The number of para-hydroxylation sites is 1. The molecule has 5 heteroatoms. The molecule has 0 bridgehead atoms. The number of carbonyl (C=O) groups excluding carboxylic acids is 1. The molecule has 4 rings (SSSR count). The summed E-state index contributed by atoms with van der Waals surface area (Å²) in [6, 6.07) is 13.2. The van der Waals surface area contributed by atoms with E-state index in [9.17, 15) is 4.79 Å². The molecule has 4 nitrogen and oxygen atoms in total. The number of rotatable bonds is 7. The number of nitrogens with zero attached hydrogens (tertiary/aromatic N) is 2. The number of hydrogen-bond acceptors (Lipinski definition) is 3. The fraction of sp³-hybridized carbons (Fsp3) is 0.519. The van der Waals surface area contributed by atoms with Crippen molar-refractivity contribution >= 4 is 29.0 Å². The van der Waals surface area contributed by atoms with Crippen molar-refractivity contribution in [2.75, 3.05) is 31.6 Å². The van der Waals surface area contributed by atoms with Crippen molar-refractivity contribution in [2.45, 2.75) is 68.7 Å². The van der Waals surface area contributed by atoms with Crippen LogP contribution in [0.15, 0.2) is 46.2 Å². The highest BCUT2D eigenvalue weighted by atomic mass is 32.2. The molecule has 0 aromatic heterocycles. The molecule has 172 valence electrons.